The van der Waals surface area contributed by atoms with Crippen LogP contribution in [0.15, 0.2) is 156 Å². The zero-order chi connectivity index (χ0) is 36.5. The monoisotopic (exact) mass is 705 g/mol. The van der Waals surface area contributed by atoms with Crippen LogP contribution in [0.2, 0.25) is 0 Å². The molecule has 2 aliphatic rings. The van der Waals surface area contributed by atoms with Gasteiger partial charge in [-0.1, -0.05) is 122 Å². The van der Waals surface area contributed by atoms with E-state index < -0.39 is 0 Å². The molecule has 4 nitrogen and oxygen atoms in total. The average Bonchev–Trinajstić information content (AvgIpc) is 3.76. The second-order valence-electron chi connectivity index (χ2n) is 15.2. The first-order valence-electron chi connectivity index (χ1n) is 19.2. The van der Waals surface area contributed by atoms with Crippen molar-refractivity contribution in [1.82, 2.24) is 9.97 Å². The molecule has 0 radical (unpaired) electrons. The van der Waals surface area contributed by atoms with Gasteiger partial charge < -0.3 is 4.42 Å². The van der Waals surface area contributed by atoms with Gasteiger partial charge in [-0.05, 0) is 106 Å². The lowest BCUT2D eigenvalue weighted by atomic mass is 9.67. The summed E-state index contributed by atoms with van der Waals surface area (Å²) in [6, 6.07) is 55.9. The molecular weight excluding hydrogens is 671 g/mol. The van der Waals surface area contributed by atoms with Crippen molar-refractivity contribution in [2.45, 2.75) is 37.5 Å². The fourth-order valence-electron chi connectivity index (χ4n) is 9.48. The highest BCUT2D eigenvalue weighted by Crippen LogP contribution is 2.58. The number of hydrogen-bond donors (Lipinski definition) is 0. The highest BCUT2D eigenvalue weighted by Gasteiger charge is 2.44. The molecule has 2 aromatic heterocycles. The van der Waals surface area contributed by atoms with Crippen molar-refractivity contribution in [2.75, 3.05) is 0 Å². The summed E-state index contributed by atoms with van der Waals surface area (Å²) in [5.41, 5.74) is 14.7. The van der Waals surface area contributed by atoms with Crippen molar-refractivity contribution in [1.29, 1.82) is 5.26 Å². The van der Waals surface area contributed by atoms with Gasteiger partial charge in [-0.3, -0.25) is 0 Å². The van der Waals surface area contributed by atoms with Crippen molar-refractivity contribution in [2.24, 2.45) is 0 Å². The van der Waals surface area contributed by atoms with Crippen LogP contribution in [0.1, 0.15) is 48.8 Å². The van der Waals surface area contributed by atoms with Gasteiger partial charge >= 0.3 is 0 Å². The minimum Gasteiger partial charge on any atom is -0.456 e. The van der Waals surface area contributed by atoms with Crippen molar-refractivity contribution in [3.63, 3.8) is 0 Å². The van der Waals surface area contributed by atoms with Crippen LogP contribution in [0.5, 0.6) is 0 Å². The molecule has 7 aromatic carbocycles. The molecule has 11 rings (SSSR count). The first-order chi connectivity index (χ1) is 27.1. The zero-order valence-electron chi connectivity index (χ0n) is 30.2. The van der Waals surface area contributed by atoms with E-state index in [4.69, 9.17) is 14.4 Å². The molecule has 0 bridgehead atoms. The number of nitrogens with zero attached hydrogens (tertiary/aromatic N) is 3. The lowest BCUT2D eigenvalue weighted by Gasteiger charge is -2.36. The van der Waals surface area contributed by atoms with E-state index >= 15 is 0 Å². The Kier molecular flexibility index (Phi) is 7.12. The van der Waals surface area contributed by atoms with Gasteiger partial charge in [0.05, 0.1) is 23.0 Å². The van der Waals surface area contributed by atoms with Crippen LogP contribution in [0.25, 0.3) is 88.9 Å². The molecule has 1 spiro atoms. The third kappa shape index (κ3) is 5.04. The SMILES string of the molecule is N#Cc1ccc2c(c1)C1(CCCCC1)c1cccc(-c3cccc(-c4cc(-c5ccc6ccccc6c5)nc(-c5ccc6c(c5)oc5ccccc56)n4)c3)c1-2. The lowest BCUT2D eigenvalue weighted by Crippen LogP contribution is -2.28. The Hall–Kier alpha value is -6.83. The number of rotatable bonds is 4. The number of benzene rings is 7. The minimum absolute atomic E-state index is 0.0410. The van der Waals surface area contributed by atoms with E-state index in [0.29, 0.717) is 5.82 Å². The van der Waals surface area contributed by atoms with Crippen molar-refractivity contribution in [3.05, 3.63) is 168 Å². The predicted molar refractivity (Wildman–Crippen MR) is 223 cm³/mol. The molecule has 2 heterocycles. The highest BCUT2D eigenvalue weighted by atomic mass is 16.3. The zero-order valence-corrected chi connectivity index (χ0v) is 30.2. The van der Waals surface area contributed by atoms with Crippen molar-refractivity contribution < 1.29 is 4.42 Å². The van der Waals surface area contributed by atoms with Crippen molar-refractivity contribution >= 4 is 32.7 Å². The van der Waals surface area contributed by atoms with Crippen LogP contribution in [0.4, 0.5) is 0 Å². The van der Waals surface area contributed by atoms with Crippen LogP contribution in [-0.4, -0.2) is 9.97 Å². The fraction of sp³-hybridized carbons (Fsp3) is 0.118. The fourth-order valence-corrected chi connectivity index (χ4v) is 9.48. The summed E-state index contributed by atoms with van der Waals surface area (Å²) in [5, 5.41) is 14.4. The molecule has 0 N–H and O–H groups in total. The van der Waals surface area contributed by atoms with Crippen LogP contribution >= 0.6 is 0 Å². The Morgan fingerprint density at radius 3 is 2.13 bits per heavy atom. The van der Waals surface area contributed by atoms with Gasteiger partial charge in [-0.15, -0.1) is 0 Å². The largest absolute Gasteiger partial charge is 0.456 e. The molecule has 55 heavy (non-hydrogen) atoms. The van der Waals surface area contributed by atoms with Gasteiger partial charge in [-0.2, -0.15) is 5.26 Å². The molecule has 1 fully saturated rings. The molecule has 1 saturated carbocycles. The minimum atomic E-state index is -0.0410. The third-order valence-electron chi connectivity index (χ3n) is 12.1. The Morgan fingerprint density at radius 2 is 1.25 bits per heavy atom. The number of fused-ring (bicyclic) bond motifs is 9. The van der Waals surface area contributed by atoms with Gasteiger partial charge in [0.15, 0.2) is 5.82 Å². The molecular formula is C51H35N3O. The first-order valence-corrected chi connectivity index (χ1v) is 19.2. The van der Waals surface area contributed by atoms with Gasteiger partial charge in [0.1, 0.15) is 11.2 Å². The van der Waals surface area contributed by atoms with Crippen LogP contribution in [0, 0.1) is 11.3 Å². The summed E-state index contributed by atoms with van der Waals surface area (Å²) in [6.07, 6.45) is 5.90. The maximum Gasteiger partial charge on any atom is 0.160 e. The maximum absolute atomic E-state index is 9.89. The summed E-state index contributed by atoms with van der Waals surface area (Å²) in [7, 11) is 0. The van der Waals surface area contributed by atoms with Gasteiger partial charge in [0.2, 0.25) is 0 Å². The molecule has 260 valence electrons. The van der Waals surface area contributed by atoms with Crippen LogP contribution in [0.3, 0.4) is 0 Å². The Bertz CT molecular complexity index is 3050. The average molecular weight is 706 g/mol. The van der Waals surface area contributed by atoms with E-state index in [2.05, 4.69) is 133 Å². The Labute approximate surface area is 319 Å². The Balaban J connectivity index is 1.08. The van der Waals surface area contributed by atoms with Gasteiger partial charge in [0.25, 0.3) is 0 Å². The van der Waals surface area contributed by atoms with E-state index in [1.165, 1.54) is 57.9 Å². The van der Waals surface area contributed by atoms with Crippen LogP contribution in [-0.2, 0) is 5.41 Å². The topological polar surface area (TPSA) is 62.7 Å². The number of nitriles is 1. The van der Waals surface area contributed by atoms with Crippen LogP contribution < -0.4 is 0 Å². The summed E-state index contributed by atoms with van der Waals surface area (Å²) >= 11 is 0. The first kappa shape index (κ1) is 31.7. The second kappa shape index (κ2) is 12.4. The van der Waals surface area contributed by atoms with E-state index in [-0.39, 0.29) is 5.41 Å². The lowest BCUT2D eigenvalue weighted by molar-refractivity contribution is 0.353. The normalized spacial score (nSPS) is 14.3. The summed E-state index contributed by atoms with van der Waals surface area (Å²) in [4.78, 5) is 10.5. The van der Waals surface area contributed by atoms with E-state index in [1.807, 2.05) is 24.3 Å². The third-order valence-corrected chi connectivity index (χ3v) is 12.1. The number of aromatic nitrogens is 2. The number of furan rings is 1. The molecule has 0 unspecified atom stereocenters. The highest BCUT2D eigenvalue weighted by molar-refractivity contribution is 6.05. The molecule has 0 amide bonds. The smallest absolute Gasteiger partial charge is 0.160 e. The molecule has 2 aliphatic carbocycles. The van der Waals surface area contributed by atoms with Gasteiger partial charge in [-0.25, -0.2) is 9.97 Å². The Morgan fingerprint density at radius 1 is 0.509 bits per heavy atom. The van der Waals surface area contributed by atoms with E-state index in [0.717, 1.165) is 74.0 Å². The summed E-state index contributed by atoms with van der Waals surface area (Å²) < 4.78 is 6.30. The number of hydrogen-bond acceptors (Lipinski definition) is 4. The van der Waals surface area contributed by atoms with E-state index in [9.17, 15) is 5.26 Å². The molecule has 0 aliphatic heterocycles. The summed E-state index contributed by atoms with van der Waals surface area (Å²) in [5.74, 6) is 0.649. The number of para-hydroxylation sites is 1. The standard InChI is InChI=1S/C51H35N3O/c52-31-32-18-22-42-44(26-32)51(24-6-1-7-25-51)43-16-9-15-39(49(42)43)35-12-8-13-36(28-35)45-30-46(37-20-19-33-10-2-3-11-34(33)27-37)54-50(53-45)38-21-23-41-40-14-4-5-17-47(40)55-48(41)29-38/h2-5,8-23,26-30H,1,6-7,24-25H2. The summed E-state index contributed by atoms with van der Waals surface area (Å²) in [6.45, 7) is 0. The predicted octanol–water partition coefficient (Wildman–Crippen LogP) is 13.3. The maximum atomic E-state index is 9.89. The second-order valence-corrected chi connectivity index (χ2v) is 15.2. The van der Waals surface area contributed by atoms with E-state index in [1.54, 1.807) is 0 Å². The molecule has 4 heteroatoms. The molecule has 9 aromatic rings. The van der Waals surface area contributed by atoms with Crippen molar-refractivity contribution in [3.8, 4) is 62.2 Å². The molecule has 0 saturated heterocycles. The van der Waals surface area contributed by atoms with Gasteiger partial charge in [0, 0.05) is 32.9 Å². The molecule has 0 atom stereocenters. The quantitative estimate of drug-likeness (QED) is 0.183.